The van der Waals surface area contributed by atoms with E-state index >= 15 is 0 Å². The smallest absolute Gasteiger partial charge is 0.315 e. The monoisotopic (exact) mass is 518 g/mol. The zero-order valence-electron chi connectivity index (χ0n) is 23.6. The maximum atomic E-state index is 11.3. The molecule has 3 N–H and O–H groups in total. The topological polar surface area (TPSA) is 77.8 Å². The van der Waals surface area contributed by atoms with Crippen molar-refractivity contribution >= 4 is 5.97 Å². The number of rotatable bonds is 14. The van der Waals surface area contributed by atoms with Crippen LogP contribution in [0.1, 0.15) is 83.3 Å². The molecular formula is C34H46O4. The van der Waals surface area contributed by atoms with E-state index in [4.69, 9.17) is 5.11 Å². The summed E-state index contributed by atoms with van der Waals surface area (Å²) in [6, 6.07) is 18.5. The summed E-state index contributed by atoms with van der Waals surface area (Å²) < 4.78 is 0. The lowest BCUT2D eigenvalue weighted by molar-refractivity contribution is -0.137. The molecule has 0 saturated heterocycles. The zero-order chi connectivity index (χ0) is 28.2. The number of aliphatic carboxylic acids is 1. The quantitative estimate of drug-likeness (QED) is 0.221. The van der Waals surface area contributed by atoms with Gasteiger partial charge in [0, 0.05) is 0 Å². The number of carboxylic acids is 1. The van der Waals surface area contributed by atoms with Crippen molar-refractivity contribution in [2.24, 2.45) is 0 Å². The minimum atomic E-state index is -0.822. The lowest BCUT2D eigenvalue weighted by atomic mass is 9.92. The van der Waals surface area contributed by atoms with Gasteiger partial charge in [-0.1, -0.05) is 102 Å². The highest BCUT2D eigenvalue weighted by Gasteiger charge is 2.21. The Morgan fingerprint density at radius 2 is 1.16 bits per heavy atom. The fourth-order valence-electron chi connectivity index (χ4n) is 3.97. The van der Waals surface area contributed by atoms with Crippen LogP contribution in [0, 0.1) is 0 Å². The van der Waals surface area contributed by atoms with E-state index in [0.29, 0.717) is 0 Å². The van der Waals surface area contributed by atoms with Crippen LogP contribution in [0.25, 0.3) is 0 Å². The van der Waals surface area contributed by atoms with Crippen molar-refractivity contribution in [1.29, 1.82) is 0 Å². The second-order valence-corrected chi connectivity index (χ2v) is 9.79. The molecule has 0 aliphatic rings. The Kier molecular flexibility index (Phi) is 17.1. The van der Waals surface area contributed by atoms with Gasteiger partial charge in [0.25, 0.3) is 0 Å². The molecule has 0 spiro atoms. The first kappa shape index (κ1) is 32.8. The number of hydrogen-bond acceptors (Lipinski definition) is 3. The molecule has 206 valence electrons. The highest BCUT2D eigenvalue weighted by molar-refractivity contribution is 5.80. The van der Waals surface area contributed by atoms with E-state index in [-0.39, 0.29) is 13.2 Å². The van der Waals surface area contributed by atoms with Crippen LogP contribution < -0.4 is 0 Å². The minimum absolute atomic E-state index is 0.110. The van der Waals surface area contributed by atoms with Crippen LogP contribution in [0.2, 0.25) is 0 Å². The third kappa shape index (κ3) is 14.5. The van der Waals surface area contributed by atoms with E-state index in [1.165, 1.54) is 16.7 Å². The molecule has 2 aromatic rings. The lowest BCUT2D eigenvalue weighted by Crippen LogP contribution is -2.12. The molecule has 0 aliphatic carbocycles. The van der Waals surface area contributed by atoms with Crippen LogP contribution in [0.5, 0.6) is 0 Å². The minimum Gasteiger partial charge on any atom is -0.481 e. The van der Waals surface area contributed by atoms with E-state index < -0.39 is 11.9 Å². The summed E-state index contributed by atoms with van der Waals surface area (Å²) in [5, 5.41) is 27.5. The summed E-state index contributed by atoms with van der Waals surface area (Å²) in [6.45, 7) is 8.74. The van der Waals surface area contributed by atoms with Crippen molar-refractivity contribution in [3.8, 4) is 0 Å². The first-order valence-electron chi connectivity index (χ1n) is 13.4. The molecule has 0 amide bonds. The number of aliphatic hydroxyl groups is 2. The van der Waals surface area contributed by atoms with Crippen molar-refractivity contribution in [3.05, 3.63) is 118 Å². The van der Waals surface area contributed by atoms with E-state index in [2.05, 4.69) is 39.0 Å². The first-order valence-corrected chi connectivity index (χ1v) is 13.4. The van der Waals surface area contributed by atoms with Gasteiger partial charge in [-0.15, -0.1) is 0 Å². The van der Waals surface area contributed by atoms with Gasteiger partial charge in [-0.25, -0.2) is 0 Å². The summed E-state index contributed by atoms with van der Waals surface area (Å²) in [4.78, 5) is 11.3. The predicted molar refractivity (Wildman–Crippen MR) is 159 cm³/mol. The van der Waals surface area contributed by atoms with Crippen LogP contribution in [-0.4, -0.2) is 34.5 Å². The molecule has 0 aromatic heterocycles. The standard InChI is InChI=1S/C20H34O2.C14H12O2/c1-17(2)8-5-9-18(3)10-6-12-20(16-22)13-7-11-19(4)14-15-21;15-14(16)13(11-7-3-1-4-8-11)12-9-5-2-6-10-12/h8,10,13-14,21-22H,5-7,9,11-12,15-16H2,1-4H3;1-10,13H,(H,15,16). The van der Waals surface area contributed by atoms with Gasteiger partial charge in [-0.05, 0) is 82.9 Å². The number of hydrogen-bond donors (Lipinski definition) is 3. The van der Waals surface area contributed by atoms with E-state index in [0.717, 1.165) is 55.2 Å². The Labute approximate surface area is 229 Å². The summed E-state index contributed by atoms with van der Waals surface area (Å²) >= 11 is 0. The molecule has 0 bridgehead atoms. The molecular weight excluding hydrogens is 472 g/mol. The van der Waals surface area contributed by atoms with Gasteiger partial charge in [-0.2, -0.15) is 0 Å². The molecule has 4 nitrogen and oxygen atoms in total. The number of allylic oxidation sites excluding steroid dienone is 6. The van der Waals surface area contributed by atoms with Crippen LogP contribution in [-0.2, 0) is 4.79 Å². The first-order chi connectivity index (χ1) is 18.3. The Morgan fingerprint density at radius 1 is 0.684 bits per heavy atom. The van der Waals surface area contributed by atoms with Crippen LogP contribution in [0.15, 0.2) is 107 Å². The van der Waals surface area contributed by atoms with Gasteiger partial charge in [-0.3, -0.25) is 4.79 Å². The average molecular weight is 519 g/mol. The van der Waals surface area contributed by atoms with Crippen molar-refractivity contribution < 1.29 is 20.1 Å². The number of carboxylic acid groups (broad SMARTS) is 1. The molecule has 0 atom stereocenters. The van der Waals surface area contributed by atoms with Crippen LogP contribution in [0.3, 0.4) is 0 Å². The highest BCUT2D eigenvalue weighted by atomic mass is 16.4. The fraction of sp³-hybridized carbons (Fsp3) is 0.382. The lowest BCUT2D eigenvalue weighted by Gasteiger charge is -2.12. The Bertz CT molecular complexity index is 1000. The molecule has 0 saturated carbocycles. The second-order valence-electron chi connectivity index (χ2n) is 9.79. The SMILES string of the molecule is CC(C)=CCCC(C)=CCCC(=CCCC(C)=CCO)CO.O=C(O)C(c1ccccc1)c1ccccc1. The largest absolute Gasteiger partial charge is 0.481 e. The van der Waals surface area contributed by atoms with Crippen molar-refractivity contribution in [1.82, 2.24) is 0 Å². The molecule has 38 heavy (non-hydrogen) atoms. The number of carbonyl (C=O) groups is 1. The summed E-state index contributed by atoms with van der Waals surface area (Å²) in [5.74, 6) is -1.40. The highest BCUT2D eigenvalue weighted by Crippen LogP contribution is 2.24. The Morgan fingerprint density at radius 3 is 1.61 bits per heavy atom. The average Bonchev–Trinajstić information content (AvgIpc) is 2.89. The molecule has 2 aromatic carbocycles. The van der Waals surface area contributed by atoms with Crippen LogP contribution in [0.4, 0.5) is 0 Å². The Balaban J connectivity index is 0.000000396. The zero-order valence-corrected chi connectivity index (χ0v) is 23.6. The van der Waals surface area contributed by atoms with E-state index in [9.17, 15) is 15.0 Å². The normalized spacial score (nSPS) is 12.1. The summed E-state index contributed by atoms with van der Waals surface area (Å²) in [6.07, 6.45) is 14.6. The Hall–Kier alpha value is -3.21. The van der Waals surface area contributed by atoms with Crippen molar-refractivity contribution in [2.75, 3.05) is 13.2 Å². The molecule has 2 rings (SSSR count). The molecule has 0 aliphatic heterocycles. The third-order valence-corrected chi connectivity index (χ3v) is 6.18. The van der Waals surface area contributed by atoms with Crippen LogP contribution >= 0.6 is 0 Å². The van der Waals surface area contributed by atoms with Gasteiger partial charge in [0.05, 0.1) is 13.2 Å². The number of benzene rings is 2. The van der Waals surface area contributed by atoms with Crippen molar-refractivity contribution in [2.45, 2.75) is 72.1 Å². The van der Waals surface area contributed by atoms with Gasteiger partial charge in [0.15, 0.2) is 0 Å². The molecule has 4 heteroatoms. The fourth-order valence-corrected chi connectivity index (χ4v) is 3.97. The molecule has 0 radical (unpaired) electrons. The van der Waals surface area contributed by atoms with Gasteiger partial charge >= 0.3 is 5.97 Å². The molecule has 0 heterocycles. The molecule has 0 fully saturated rings. The number of aliphatic hydroxyl groups excluding tert-OH is 2. The molecule has 0 unspecified atom stereocenters. The van der Waals surface area contributed by atoms with E-state index in [1.54, 1.807) is 0 Å². The van der Waals surface area contributed by atoms with Gasteiger partial charge < -0.3 is 15.3 Å². The second kappa shape index (κ2) is 19.8. The summed E-state index contributed by atoms with van der Waals surface area (Å²) in [7, 11) is 0. The summed E-state index contributed by atoms with van der Waals surface area (Å²) in [5.41, 5.74) is 6.74. The van der Waals surface area contributed by atoms with Gasteiger partial charge in [0.2, 0.25) is 0 Å². The third-order valence-electron chi connectivity index (χ3n) is 6.18. The predicted octanol–water partition coefficient (Wildman–Crippen LogP) is 8.00. The maximum absolute atomic E-state index is 11.3. The van der Waals surface area contributed by atoms with E-state index in [1.807, 2.05) is 73.7 Å². The van der Waals surface area contributed by atoms with Crippen molar-refractivity contribution in [3.63, 3.8) is 0 Å². The van der Waals surface area contributed by atoms with Gasteiger partial charge in [0.1, 0.15) is 5.92 Å². The maximum Gasteiger partial charge on any atom is 0.315 e.